The van der Waals surface area contributed by atoms with E-state index in [1.54, 1.807) is 6.07 Å². The topological polar surface area (TPSA) is 17.1 Å². The second kappa shape index (κ2) is 4.79. The molecule has 1 aromatic rings. The summed E-state index contributed by atoms with van der Waals surface area (Å²) in [5.41, 5.74) is 0.680. The molecule has 0 N–H and O–H groups in total. The van der Waals surface area contributed by atoms with Crippen molar-refractivity contribution in [3.05, 3.63) is 27.3 Å². The van der Waals surface area contributed by atoms with Gasteiger partial charge in [-0.05, 0) is 35.6 Å². The Morgan fingerprint density at radius 1 is 1.62 bits per heavy atom. The number of Topliss-reactive ketones (excluding diaryl/α,β-unsaturated/α-hetero) is 1. The van der Waals surface area contributed by atoms with Crippen LogP contribution in [0.1, 0.15) is 17.3 Å². The molecule has 70 valence electrons. The lowest BCUT2D eigenvalue weighted by atomic mass is 10.1. The van der Waals surface area contributed by atoms with Gasteiger partial charge >= 0.3 is 0 Å². The molecule has 13 heavy (non-hydrogen) atoms. The molecule has 0 heterocycles. The zero-order valence-corrected chi connectivity index (χ0v) is 11.6. The van der Waals surface area contributed by atoms with Gasteiger partial charge in [-0.1, -0.05) is 28.1 Å². The number of ketones is 1. The molecule has 4 heteroatoms. The van der Waals surface area contributed by atoms with Crippen LogP contribution in [0.5, 0.6) is 0 Å². The second-order valence-corrected chi connectivity index (χ2v) is 5.60. The molecular formula is C9H8BrIOS. The number of rotatable bonds is 2. The minimum Gasteiger partial charge on any atom is -0.293 e. The molecule has 1 aromatic carbocycles. The molecule has 0 radical (unpaired) electrons. The normalized spacial score (nSPS) is 12.6. The average molecular weight is 371 g/mol. The number of halogens is 2. The molecule has 0 aliphatic rings. The van der Waals surface area contributed by atoms with E-state index >= 15 is 0 Å². The summed E-state index contributed by atoms with van der Waals surface area (Å²) in [6.45, 7) is 1.81. The van der Waals surface area contributed by atoms with Gasteiger partial charge in [-0.3, -0.25) is 4.79 Å². The van der Waals surface area contributed by atoms with Gasteiger partial charge < -0.3 is 0 Å². The Morgan fingerprint density at radius 2 is 2.23 bits per heavy atom. The summed E-state index contributed by atoms with van der Waals surface area (Å²) in [4.78, 5) is 12.2. The molecule has 0 saturated carbocycles. The summed E-state index contributed by atoms with van der Waals surface area (Å²) in [6.07, 6.45) is 0. The zero-order chi connectivity index (χ0) is 10.0. The van der Waals surface area contributed by atoms with Crippen molar-refractivity contribution in [1.29, 1.82) is 0 Å². The molecule has 0 saturated heterocycles. The molecule has 0 amide bonds. The third-order valence-corrected chi connectivity index (χ3v) is 3.84. The predicted octanol–water partition coefficient (Wildman–Crippen LogP) is 3.55. The molecule has 0 aliphatic carbocycles. The number of benzene rings is 1. The smallest absolute Gasteiger partial charge is 0.177 e. The summed E-state index contributed by atoms with van der Waals surface area (Å²) in [5, 5.41) is 0. The molecular weight excluding hydrogens is 363 g/mol. The Hall–Kier alpha value is 0.450. The van der Waals surface area contributed by atoms with E-state index in [2.05, 4.69) is 51.1 Å². The number of hydrogen-bond acceptors (Lipinski definition) is 2. The molecule has 0 aliphatic heterocycles. The molecule has 1 unspecified atom stereocenters. The average Bonchev–Trinajstić information content (AvgIpc) is 2.08. The molecule has 1 nitrogen and oxygen atoms in total. The highest BCUT2D eigenvalue weighted by atomic mass is 127. The van der Waals surface area contributed by atoms with Crippen molar-refractivity contribution in [2.24, 2.45) is 0 Å². The van der Waals surface area contributed by atoms with E-state index in [1.807, 2.05) is 19.1 Å². The quantitative estimate of drug-likeness (QED) is 0.364. The standard InChI is InChI=1S/C9H8BrIOS/c1-5(10)8(12)6-3-2-4-7(11)9(6)13/h2-5,13H,1H3. The van der Waals surface area contributed by atoms with E-state index < -0.39 is 0 Å². The maximum atomic E-state index is 11.6. The first-order valence-electron chi connectivity index (χ1n) is 3.69. The van der Waals surface area contributed by atoms with E-state index in [4.69, 9.17) is 0 Å². The van der Waals surface area contributed by atoms with E-state index in [0.29, 0.717) is 5.56 Å². The number of carbonyl (C=O) groups excluding carboxylic acids is 1. The predicted molar refractivity (Wildman–Crippen MR) is 69.1 cm³/mol. The van der Waals surface area contributed by atoms with Crippen LogP contribution in [0.15, 0.2) is 23.1 Å². The van der Waals surface area contributed by atoms with Gasteiger partial charge in [0.05, 0.1) is 4.83 Å². The molecule has 0 aromatic heterocycles. The van der Waals surface area contributed by atoms with Crippen LogP contribution in [0.3, 0.4) is 0 Å². The highest BCUT2D eigenvalue weighted by molar-refractivity contribution is 14.1. The van der Waals surface area contributed by atoms with Crippen LogP contribution >= 0.6 is 51.1 Å². The van der Waals surface area contributed by atoms with Crippen LogP contribution in [0, 0.1) is 3.57 Å². The van der Waals surface area contributed by atoms with Gasteiger partial charge in [0.2, 0.25) is 0 Å². The number of alkyl halides is 1. The zero-order valence-electron chi connectivity index (χ0n) is 6.92. The third-order valence-electron chi connectivity index (χ3n) is 1.61. The molecule has 0 fully saturated rings. The van der Waals surface area contributed by atoms with Crippen molar-refractivity contribution in [3.8, 4) is 0 Å². The highest BCUT2D eigenvalue weighted by Crippen LogP contribution is 2.23. The maximum absolute atomic E-state index is 11.6. The Balaban J connectivity index is 3.15. The lowest BCUT2D eigenvalue weighted by Gasteiger charge is -2.06. The SMILES string of the molecule is CC(Br)C(=O)c1cccc(I)c1S. The van der Waals surface area contributed by atoms with E-state index in [9.17, 15) is 4.79 Å². The van der Waals surface area contributed by atoms with E-state index in [1.165, 1.54) is 0 Å². The van der Waals surface area contributed by atoms with Crippen LogP contribution in [-0.2, 0) is 0 Å². The van der Waals surface area contributed by atoms with Crippen LogP contribution in [-0.4, -0.2) is 10.6 Å². The van der Waals surface area contributed by atoms with Crippen LogP contribution < -0.4 is 0 Å². The second-order valence-electron chi connectivity index (χ2n) is 2.62. The van der Waals surface area contributed by atoms with Gasteiger partial charge in [-0.25, -0.2) is 0 Å². The number of carbonyl (C=O) groups is 1. The Morgan fingerprint density at radius 3 is 2.77 bits per heavy atom. The van der Waals surface area contributed by atoms with Gasteiger partial charge in [0.15, 0.2) is 5.78 Å². The van der Waals surface area contributed by atoms with Crippen LogP contribution in [0.4, 0.5) is 0 Å². The fourth-order valence-electron chi connectivity index (χ4n) is 0.928. The van der Waals surface area contributed by atoms with Crippen molar-refractivity contribution < 1.29 is 4.79 Å². The minimum absolute atomic E-state index is 0.0727. The fourth-order valence-corrected chi connectivity index (χ4v) is 1.93. The van der Waals surface area contributed by atoms with Crippen molar-refractivity contribution in [1.82, 2.24) is 0 Å². The third kappa shape index (κ3) is 2.70. The first-order valence-corrected chi connectivity index (χ1v) is 6.14. The van der Waals surface area contributed by atoms with Gasteiger partial charge in [0.25, 0.3) is 0 Å². The first-order chi connectivity index (χ1) is 6.04. The summed E-state index contributed by atoms with van der Waals surface area (Å²) < 4.78 is 1.000. The molecule has 1 atom stereocenters. The van der Waals surface area contributed by atoms with Crippen molar-refractivity contribution >= 4 is 56.9 Å². The molecule has 0 spiro atoms. The molecule has 0 bridgehead atoms. The first kappa shape index (κ1) is 11.5. The van der Waals surface area contributed by atoms with Gasteiger partial charge in [0.1, 0.15) is 0 Å². The van der Waals surface area contributed by atoms with E-state index in [0.717, 1.165) is 8.47 Å². The minimum atomic E-state index is -0.156. The van der Waals surface area contributed by atoms with Crippen molar-refractivity contribution in [2.45, 2.75) is 16.6 Å². The highest BCUT2D eigenvalue weighted by Gasteiger charge is 2.15. The van der Waals surface area contributed by atoms with Crippen molar-refractivity contribution in [2.75, 3.05) is 0 Å². The van der Waals surface area contributed by atoms with Gasteiger partial charge in [0, 0.05) is 14.0 Å². The Labute approximate surface area is 105 Å². The molecule has 1 rings (SSSR count). The summed E-state index contributed by atoms with van der Waals surface area (Å²) >= 11 is 9.71. The van der Waals surface area contributed by atoms with Gasteiger partial charge in [-0.15, -0.1) is 12.6 Å². The van der Waals surface area contributed by atoms with Crippen molar-refractivity contribution in [3.63, 3.8) is 0 Å². The van der Waals surface area contributed by atoms with Gasteiger partial charge in [-0.2, -0.15) is 0 Å². The number of hydrogen-bond donors (Lipinski definition) is 1. The summed E-state index contributed by atoms with van der Waals surface area (Å²) in [5.74, 6) is 0.0727. The largest absolute Gasteiger partial charge is 0.293 e. The maximum Gasteiger partial charge on any atom is 0.177 e. The Kier molecular flexibility index (Phi) is 4.25. The summed E-state index contributed by atoms with van der Waals surface area (Å²) in [6, 6.07) is 5.59. The lowest BCUT2D eigenvalue weighted by molar-refractivity contribution is 0.0993. The Bertz CT molecular complexity index is 338. The van der Waals surface area contributed by atoms with Crippen LogP contribution in [0.2, 0.25) is 0 Å². The number of thiol groups is 1. The van der Waals surface area contributed by atoms with Crippen LogP contribution in [0.25, 0.3) is 0 Å². The van der Waals surface area contributed by atoms with E-state index in [-0.39, 0.29) is 10.6 Å². The fraction of sp³-hybridized carbons (Fsp3) is 0.222. The summed E-state index contributed by atoms with van der Waals surface area (Å²) in [7, 11) is 0. The lowest BCUT2D eigenvalue weighted by Crippen LogP contribution is -2.11. The monoisotopic (exact) mass is 370 g/mol.